The molecular weight excluding hydrogens is 292 g/mol. The average Bonchev–Trinajstić information content (AvgIpc) is 2.84. The van der Waals surface area contributed by atoms with Gasteiger partial charge < -0.3 is 4.90 Å². The molecule has 1 unspecified atom stereocenters. The highest BCUT2D eigenvalue weighted by Gasteiger charge is 2.43. The number of β-lactam (4-membered cyclic amide) rings is 1. The van der Waals surface area contributed by atoms with E-state index in [-0.39, 0.29) is 5.91 Å². The standard InChI is InChI=1S/C18H16N2OS/c21-17-9-15-13(7-8-20(15)17)10-19-11-14-5-1-3-12-4-2-6-16(22-19)18(12)14/h1-8,13,15H,9-11H2/t13?,15-/m0/s1. The summed E-state index contributed by atoms with van der Waals surface area (Å²) in [6.45, 7) is 1.98. The molecule has 0 aliphatic carbocycles. The summed E-state index contributed by atoms with van der Waals surface area (Å²) in [5.41, 5.74) is 1.41. The van der Waals surface area contributed by atoms with E-state index in [4.69, 9.17) is 0 Å². The van der Waals surface area contributed by atoms with Gasteiger partial charge in [-0.1, -0.05) is 36.4 Å². The zero-order valence-corrected chi connectivity index (χ0v) is 12.9. The fourth-order valence-corrected chi connectivity index (χ4v) is 5.02. The maximum atomic E-state index is 11.5. The summed E-state index contributed by atoms with van der Waals surface area (Å²) in [6, 6.07) is 13.5. The molecule has 3 heterocycles. The van der Waals surface area contributed by atoms with Crippen LogP contribution < -0.4 is 0 Å². The van der Waals surface area contributed by atoms with Crippen LogP contribution in [0, 0.1) is 5.92 Å². The van der Waals surface area contributed by atoms with Crippen LogP contribution in [0.4, 0.5) is 0 Å². The van der Waals surface area contributed by atoms with Crippen LogP contribution in [0.1, 0.15) is 12.0 Å². The monoisotopic (exact) mass is 308 g/mol. The highest BCUT2D eigenvalue weighted by Crippen LogP contribution is 2.41. The van der Waals surface area contributed by atoms with Crippen molar-refractivity contribution in [2.45, 2.75) is 23.9 Å². The van der Waals surface area contributed by atoms with Gasteiger partial charge in [0.15, 0.2) is 0 Å². The largest absolute Gasteiger partial charge is 0.315 e. The molecule has 4 heteroatoms. The lowest BCUT2D eigenvalue weighted by Gasteiger charge is -2.39. The van der Waals surface area contributed by atoms with Crippen LogP contribution in [0.15, 0.2) is 53.6 Å². The second-order valence-electron chi connectivity index (χ2n) is 6.26. The Balaban J connectivity index is 1.41. The SMILES string of the molecule is O=C1C[C@H]2C(CN3Cc4cccc5cccc(c45)S3)C=CN12. The molecule has 0 aromatic heterocycles. The molecule has 3 aliphatic rings. The van der Waals surface area contributed by atoms with Crippen molar-refractivity contribution in [3.8, 4) is 0 Å². The maximum absolute atomic E-state index is 11.5. The molecule has 5 rings (SSSR count). The van der Waals surface area contributed by atoms with Gasteiger partial charge in [-0.05, 0) is 29.0 Å². The second kappa shape index (κ2) is 4.61. The third-order valence-electron chi connectivity index (χ3n) is 4.96. The van der Waals surface area contributed by atoms with Crippen LogP contribution in [-0.2, 0) is 11.3 Å². The van der Waals surface area contributed by atoms with Crippen molar-refractivity contribution in [1.29, 1.82) is 0 Å². The summed E-state index contributed by atoms with van der Waals surface area (Å²) in [5, 5.41) is 2.74. The molecule has 0 N–H and O–H groups in total. The summed E-state index contributed by atoms with van der Waals surface area (Å²) in [5.74, 6) is 0.736. The van der Waals surface area contributed by atoms with Gasteiger partial charge in [0.25, 0.3) is 0 Å². The molecule has 1 fully saturated rings. The minimum absolute atomic E-state index is 0.269. The van der Waals surface area contributed by atoms with Crippen LogP contribution in [0.3, 0.4) is 0 Å². The normalized spacial score (nSPS) is 26.4. The minimum atomic E-state index is 0.269. The van der Waals surface area contributed by atoms with Gasteiger partial charge in [0.2, 0.25) is 5.91 Å². The molecule has 22 heavy (non-hydrogen) atoms. The van der Waals surface area contributed by atoms with Crippen molar-refractivity contribution in [3.05, 3.63) is 54.2 Å². The van der Waals surface area contributed by atoms with E-state index in [9.17, 15) is 4.79 Å². The quantitative estimate of drug-likeness (QED) is 0.627. The van der Waals surface area contributed by atoms with Crippen LogP contribution in [0.25, 0.3) is 10.8 Å². The molecule has 0 bridgehead atoms. The van der Waals surface area contributed by atoms with Crippen LogP contribution >= 0.6 is 11.9 Å². The Bertz CT molecular complexity index is 775. The van der Waals surface area contributed by atoms with Gasteiger partial charge in [0.05, 0.1) is 6.04 Å². The Hall–Kier alpha value is -1.78. The molecule has 3 aliphatic heterocycles. The molecule has 3 nitrogen and oxygen atoms in total. The van der Waals surface area contributed by atoms with Crippen molar-refractivity contribution >= 4 is 28.6 Å². The highest BCUT2D eigenvalue weighted by molar-refractivity contribution is 7.97. The molecule has 1 amide bonds. The number of carbonyl (C=O) groups excluding carboxylic acids is 1. The second-order valence-corrected chi connectivity index (χ2v) is 7.40. The fraction of sp³-hybridized carbons (Fsp3) is 0.278. The van der Waals surface area contributed by atoms with Gasteiger partial charge in [-0.3, -0.25) is 4.79 Å². The smallest absolute Gasteiger partial charge is 0.228 e. The molecule has 0 spiro atoms. The summed E-state index contributed by atoms with van der Waals surface area (Å²) in [7, 11) is 0. The molecule has 0 radical (unpaired) electrons. The number of hydrogen-bond acceptors (Lipinski definition) is 3. The number of benzene rings is 2. The van der Waals surface area contributed by atoms with Crippen molar-refractivity contribution in [2.75, 3.05) is 6.54 Å². The minimum Gasteiger partial charge on any atom is -0.315 e. The maximum Gasteiger partial charge on any atom is 0.228 e. The summed E-state index contributed by atoms with van der Waals surface area (Å²) >= 11 is 1.86. The van der Waals surface area contributed by atoms with Crippen molar-refractivity contribution in [2.24, 2.45) is 5.92 Å². The molecule has 1 saturated heterocycles. The molecule has 2 atom stereocenters. The van der Waals surface area contributed by atoms with Crippen LogP contribution in [0.5, 0.6) is 0 Å². The van der Waals surface area contributed by atoms with E-state index in [1.165, 1.54) is 21.2 Å². The zero-order chi connectivity index (χ0) is 14.7. The summed E-state index contributed by atoms with van der Waals surface area (Å²) < 4.78 is 2.44. The van der Waals surface area contributed by atoms with Gasteiger partial charge >= 0.3 is 0 Å². The van der Waals surface area contributed by atoms with Crippen molar-refractivity contribution in [3.63, 3.8) is 0 Å². The van der Waals surface area contributed by atoms with Gasteiger partial charge in [0, 0.05) is 41.9 Å². The predicted octanol–water partition coefficient (Wildman–Crippen LogP) is 3.41. The number of rotatable bonds is 2. The first-order valence-corrected chi connectivity index (χ1v) is 8.50. The van der Waals surface area contributed by atoms with E-state index in [1.54, 1.807) is 0 Å². The van der Waals surface area contributed by atoms with Crippen molar-refractivity contribution < 1.29 is 4.79 Å². The fourth-order valence-electron chi connectivity index (χ4n) is 3.81. The Kier molecular flexibility index (Phi) is 2.67. The predicted molar refractivity (Wildman–Crippen MR) is 88.1 cm³/mol. The first-order valence-electron chi connectivity index (χ1n) is 7.72. The number of hydrogen-bond donors (Lipinski definition) is 0. The first kappa shape index (κ1) is 12.7. The number of amides is 1. The Morgan fingerprint density at radius 2 is 2.05 bits per heavy atom. The van der Waals surface area contributed by atoms with E-state index >= 15 is 0 Å². The summed E-state index contributed by atoms with van der Waals surface area (Å²) in [6.07, 6.45) is 4.89. The van der Waals surface area contributed by atoms with Gasteiger partial charge in [-0.25, -0.2) is 4.31 Å². The first-order chi connectivity index (χ1) is 10.8. The van der Waals surface area contributed by atoms with Crippen LogP contribution in [0.2, 0.25) is 0 Å². The Morgan fingerprint density at radius 1 is 1.18 bits per heavy atom. The van der Waals surface area contributed by atoms with E-state index in [2.05, 4.69) is 46.8 Å². The van der Waals surface area contributed by atoms with E-state index in [0.717, 1.165) is 13.1 Å². The summed E-state index contributed by atoms with van der Waals surface area (Å²) in [4.78, 5) is 14.7. The van der Waals surface area contributed by atoms with Gasteiger partial charge in [-0.2, -0.15) is 0 Å². The topological polar surface area (TPSA) is 23.6 Å². The lowest BCUT2D eigenvalue weighted by atomic mass is 9.92. The molecule has 110 valence electrons. The average molecular weight is 308 g/mol. The highest BCUT2D eigenvalue weighted by atomic mass is 32.2. The molecule has 2 aromatic carbocycles. The zero-order valence-electron chi connectivity index (χ0n) is 12.1. The third kappa shape index (κ3) is 1.77. The van der Waals surface area contributed by atoms with Gasteiger partial charge in [0.1, 0.15) is 0 Å². The van der Waals surface area contributed by atoms with E-state index < -0.39 is 0 Å². The Morgan fingerprint density at radius 3 is 2.86 bits per heavy atom. The molecule has 2 aromatic rings. The van der Waals surface area contributed by atoms with Gasteiger partial charge in [-0.15, -0.1) is 0 Å². The van der Waals surface area contributed by atoms with Crippen LogP contribution in [-0.4, -0.2) is 27.7 Å². The molecular formula is C18H16N2OS. The number of nitrogens with zero attached hydrogens (tertiary/aromatic N) is 2. The molecule has 0 saturated carbocycles. The number of fused-ring (bicyclic) bond motifs is 1. The lowest BCUT2D eigenvalue weighted by molar-refractivity contribution is -0.141. The van der Waals surface area contributed by atoms with Crippen molar-refractivity contribution in [1.82, 2.24) is 9.21 Å². The van der Waals surface area contributed by atoms with E-state index in [0.29, 0.717) is 18.4 Å². The lowest BCUT2D eigenvalue weighted by Crippen LogP contribution is -2.51. The Labute approximate surface area is 133 Å². The number of carbonyl (C=O) groups is 1. The van der Waals surface area contributed by atoms with E-state index in [1.807, 2.05) is 23.0 Å². The third-order valence-corrected chi connectivity index (χ3v) is 6.03.